The summed E-state index contributed by atoms with van der Waals surface area (Å²) >= 11 is 0. The molecule has 0 spiro atoms. The molecule has 166 valence electrons. The summed E-state index contributed by atoms with van der Waals surface area (Å²) < 4.78 is 24.6. The lowest BCUT2D eigenvalue weighted by atomic mass is 9.84. The Morgan fingerprint density at radius 3 is 2.58 bits per heavy atom. The summed E-state index contributed by atoms with van der Waals surface area (Å²) in [5, 5.41) is 10.3. The quantitative estimate of drug-likeness (QED) is 0.425. The molecule has 1 aliphatic heterocycles. The van der Waals surface area contributed by atoms with Crippen LogP contribution >= 0.6 is 0 Å². The highest BCUT2D eigenvalue weighted by molar-refractivity contribution is 5.96. The van der Waals surface area contributed by atoms with Crippen molar-refractivity contribution < 1.29 is 18.7 Å². The highest BCUT2D eigenvalue weighted by atomic mass is 19.1. The van der Waals surface area contributed by atoms with Crippen molar-refractivity contribution in [1.29, 1.82) is 0 Å². The predicted octanol–water partition coefficient (Wildman–Crippen LogP) is 5.28. The third kappa shape index (κ3) is 4.17. The Labute approximate surface area is 190 Å². The number of ether oxygens (including phenoxy) is 2. The number of hydrogen-bond acceptors (Lipinski definition) is 4. The Kier molecular flexibility index (Phi) is 5.52. The number of amides is 1. The van der Waals surface area contributed by atoms with Gasteiger partial charge in [0.25, 0.3) is 0 Å². The second kappa shape index (κ2) is 8.78. The lowest BCUT2D eigenvalue weighted by Crippen LogP contribution is -2.23. The van der Waals surface area contributed by atoms with Gasteiger partial charge < -0.3 is 14.8 Å². The number of fused-ring (bicyclic) bond motifs is 1. The highest BCUT2D eigenvalue weighted by Crippen LogP contribution is 2.43. The zero-order valence-electron chi connectivity index (χ0n) is 18.0. The van der Waals surface area contributed by atoms with E-state index in [9.17, 15) is 9.18 Å². The fourth-order valence-electron chi connectivity index (χ4n) is 4.13. The van der Waals surface area contributed by atoms with Crippen LogP contribution in [0, 0.1) is 5.82 Å². The van der Waals surface area contributed by atoms with E-state index >= 15 is 0 Å². The molecule has 3 aromatic carbocycles. The van der Waals surface area contributed by atoms with Crippen molar-refractivity contribution in [3.8, 4) is 22.8 Å². The molecule has 1 atom stereocenters. The normalized spacial score (nSPS) is 15.0. The molecule has 0 saturated heterocycles. The maximum atomic E-state index is 13.1. The number of hydrogen-bond donors (Lipinski definition) is 2. The first-order valence-corrected chi connectivity index (χ1v) is 10.6. The fourth-order valence-corrected chi connectivity index (χ4v) is 4.13. The van der Waals surface area contributed by atoms with Gasteiger partial charge >= 0.3 is 0 Å². The molecular formula is C26H22FN3O3. The number of rotatable bonds is 6. The van der Waals surface area contributed by atoms with E-state index in [2.05, 4.69) is 15.5 Å². The number of nitrogens with one attached hydrogen (secondary N) is 2. The summed E-state index contributed by atoms with van der Waals surface area (Å²) in [4.78, 5) is 12.4. The van der Waals surface area contributed by atoms with Crippen molar-refractivity contribution in [1.82, 2.24) is 10.2 Å². The van der Waals surface area contributed by atoms with Gasteiger partial charge in [-0.25, -0.2) is 4.39 Å². The number of nitrogens with zero attached hydrogens (tertiary/aromatic N) is 1. The molecule has 6 nitrogen and oxygen atoms in total. The van der Waals surface area contributed by atoms with Gasteiger partial charge in [0.15, 0.2) is 17.3 Å². The standard InChI is InChI=1S/C26H22FN3O3/c1-32-22-13-18(9-12-21(22)33-15-16-7-10-19(27)11-8-16)20-14-23(31)28-26-24(20)25(29-30-26)17-5-3-2-4-6-17/h2-13,20H,14-15H2,1H3,(H2,28,29,30,31)/t20-/m0/s1. The van der Waals surface area contributed by atoms with E-state index in [1.807, 2.05) is 48.5 Å². The number of aromatic nitrogens is 2. The van der Waals surface area contributed by atoms with Crippen molar-refractivity contribution in [3.63, 3.8) is 0 Å². The first kappa shape index (κ1) is 20.8. The molecule has 0 bridgehead atoms. The lowest BCUT2D eigenvalue weighted by molar-refractivity contribution is -0.116. The van der Waals surface area contributed by atoms with Crippen LogP contribution in [0.2, 0.25) is 0 Å². The molecule has 2 N–H and O–H groups in total. The molecule has 0 fully saturated rings. The van der Waals surface area contributed by atoms with Crippen molar-refractivity contribution >= 4 is 11.7 Å². The minimum absolute atomic E-state index is 0.0887. The van der Waals surface area contributed by atoms with Gasteiger partial charge in [-0.05, 0) is 41.0 Å². The van der Waals surface area contributed by atoms with E-state index in [0.29, 0.717) is 23.7 Å². The van der Waals surface area contributed by atoms with Gasteiger partial charge in [0.1, 0.15) is 12.4 Å². The Balaban J connectivity index is 1.47. The first-order chi connectivity index (χ1) is 16.1. The van der Waals surface area contributed by atoms with Crippen LogP contribution in [-0.4, -0.2) is 23.2 Å². The predicted molar refractivity (Wildman–Crippen MR) is 123 cm³/mol. The minimum Gasteiger partial charge on any atom is -0.493 e. The molecule has 2 heterocycles. The van der Waals surface area contributed by atoms with E-state index in [4.69, 9.17) is 9.47 Å². The first-order valence-electron chi connectivity index (χ1n) is 10.6. The third-order valence-corrected chi connectivity index (χ3v) is 5.76. The Hall–Kier alpha value is -4.13. The second-order valence-electron chi connectivity index (χ2n) is 7.86. The van der Waals surface area contributed by atoms with Gasteiger partial charge in [-0.2, -0.15) is 5.10 Å². The Morgan fingerprint density at radius 2 is 1.82 bits per heavy atom. The summed E-state index contributed by atoms with van der Waals surface area (Å²) in [6.07, 6.45) is 0.297. The molecule has 0 unspecified atom stereocenters. The number of carbonyl (C=O) groups excluding carboxylic acids is 1. The van der Waals surface area contributed by atoms with Crippen LogP contribution in [0.25, 0.3) is 11.3 Å². The highest BCUT2D eigenvalue weighted by Gasteiger charge is 2.32. The van der Waals surface area contributed by atoms with Crippen LogP contribution in [0.5, 0.6) is 11.5 Å². The SMILES string of the molecule is COc1cc([C@@H]2CC(=O)Nc3n[nH]c(-c4ccccc4)c32)ccc1OCc1ccc(F)cc1. The number of methoxy groups -OCH3 is 1. The van der Waals surface area contributed by atoms with Crippen molar-refractivity contribution in [2.24, 2.45) is 0 Å². The van der Waals surface area contributed by atoms with Crippen LogP contribution in [-0.2, 0) is 11.4 Å². The van der Waals surface area contributed by atoms with E-state index in [0.717, 1.165) is 27.9 Å². The summed E-state index contributed by atoms with van der Waals surface area (Å²) in [5.74, 6) is 1.11. The number of carbonyl (C=O) groups is 1. The van der Waals surface area contributed by atoms with Gasteiger partial charge in [0.2, 0.25) is 5.91 Å². The summed E-state index contributed by atoms with van der Waals surface area (Å²) in [6, 6.07) is 21.8. The van der Waals surface area contributed by atoms with Crippen molar-refractivity contribution in [3.05, 3.63) is 95.3 Å². The zero-order valence-corrected chi connectivity index (χ0v) is 18.0. The average Bonchev–Trinajstić information content (AvgIpc) is 3.27. The molecule has 4 aromatic rings. The second-order valence-corrected chi connectivity index (χ2v) is 7.86. The van der Waals surface area contributed by atoms with Gasteiger partial charge in [-0.3, -0.25) is 9.89 Å². The fraction of sp³-hybridized carbons (Fsp3) is 0.154. The van der Waals surface area contributed by atoms with Crippen molar-refractivity contribution in [2.75, 3.05) is 12.4 Å². The van der Waals surface area contributed by atoms with Crippen LogP contribution < -0.4 is 14.8 Å². The molecule has 0 aliphatic carbocycles. The largest absolute Gasteiger partial charge is 0.493 e. The lowest BCUT2D eigenvalue weighted by Gasteiger charge is -2.24. The number of H-pyrrole nitrogens is 1. The Bertz CT molecular complexity index is 1290. The van der Waals surface area contributed by atoms with Crippen molar-refractivity contribution in [2.45, 2.75) is 18.9 Å². The summed E-state index contributed by atoms with van der Waals surface area (Å²) in [5.41, 5.74) is 4.60. The summed E-state index contributed by atoms with van der Waals surface area (Å²) in [6.45, 7) is 0.284. The van der Waals surface area contributed by atoms with Gasteiger partial charge in [0, 0.05) is 17.9 Å². The van der Waals surface area contributed by atoms with Crippen LogP contribution in [0.3, 0.4) is 0 Å². The van der Waals surface area contributed by atoms with Gasteiger partial charge in [-0.15, -0.1) is 0 Å². The minimum atomic E-state index is -0.286. The number of benzene rings is 3. The molecule has 0 saturated carbocycles. The monoisotopic (exact) mass is 443 g/mol. The van der Waals surface area contributed by atoms with Crippen LogP contribution in [0.15, 0.2) is 72.8 Å². The van der Waals surface area contributed by atoms with E-state index in [1.165, 1.54) is 12.1 Å². The molecule has 1 aromatic heterocycles. The molecule has 0 radical (unpaired) electrons. The number of aromatic amines is 1. The average molecular weight is 443 g/mol. The third-order valence-electron chi connectivity index (χ3n) is 5.76. The maximum Gasteiger partial charge on any atom is 0.226 e. The summed E-state index contributed by atoms with van der Waals surface area (Å²) in [7, 11) is 1.58. The molecular weight excluding hydrogens is 421 g/mol. The van der Waals surface area contributed by atoms with E-state index in [1.54, 1.807) is 19.2 Å². The number of anilines is 1. The Morgan fingerprint density at radius 1 is 1.03 bits per heavy atom. The topological polar surface area (TPSA) is 76.2 Å². The number of halogens is 1. The van der Waals surface area contributed by atoms with E-state index < -0.39 is 0 Å². The van der Waals surface area contributed by atoms with E-state index in [-0.39, 0.29) is 24.2 Å². The zero-order chi connectivity index (χ0) is 22.8. The van der Waals surface area contributed by atoms with Crippen LogP contribution in [0.4, 0.5) is 10.2 Å². The molecule has 1 aliphatic rings. The van der Waals surface area contributed by atoms with Gasteiger partial charge in [0.05, 0.1) is 12.8 Å². The molecule has 7 heteroatoms. The molecule has 1 amide bonds. The molecule has 33 heavy (non-hydrogen) atoms. The molecule has 5 rings (SSSR count). The van der Waals surface area contributed by atoms with Gasteiger partial charge in [-0.1, -0.05) is 48.5 Å². The maximum absolute atomic E-state index is 13.1. The smallest absolute Gasteiger partial charge is 0.226 e. The van der Waals surface area contributed by atoms with Crippen LogP contribution in [0.1, 0.15) is 29.0 Å².